The van der Waals surface area contributed by atoms with E-state index in [1.54, 1.807) is 0 Å². The van der Waals surface area contributed by atoms with E-state index < -0.39 is 0 Å². The highest BCUT2D eigenvalue weighted by atomic mass is 35.5. The molecule has 1 heterocycles. The van der Waals surface area contributed by atoms with Gasteiger partial charge in [0, 0.05) is 25.7 Å². The number of fused-ring (bicyclic) bond motifs is 1. The van der Waals surface area contributed by atoms with Gasteiger partial charge in [0.1, 0.15) is 0 Å². The Morgan fingerprint density at radius 2 is 1.75 bits per heavy atom. The number of nitrogens with two attached hydrogens (primary N) is 1. The molecule has 1 saturated carbocycles. The summed E-state index contributed by atoms with van der Waals surface area (Å²) in [5.74, 6) is 1.62. The lowest BCUT2D eigenvalue weighted by Gasteiger charge is -2.21. The predicted octanol–water partition coefficient (Wildman–Crippen LogP) is 3.20. The Hall–Kier alpha value is -0.570. The molecule has 1 aromatic carbocycles. The maximum atomic E-state index is 6.23. The number of halogens is 1. The molecule has 2 fully saturated rings. The number of likely N-dealkylation sites (tertiary alicyclic amines) is 1. The Bertz CT molecular complexity index is 463. The standard InChI is InChI=1S/C17H26N2.ClH/c1-11-6-12(2)15(13(3)7-11)9-19-8-14-4-5-17(18)16(14)10-19;/h6-7,14,16-17H,4-5,8-10,18H2,1-3H3;1H. The molecule has 0 amide bonds. The van der Waals surface area contributed by atoms with Crippen molar-refractivity contribution in [1.29, 1.82) is 0 Å². The molecule has 2 aliphatic rings. The van der Waals surface area contributed by atoms with Gasteiger partial charge in [0.05, 0.1) is 0 Å². The number of aryl methyl sites for hydroxylation is 3. The molecule has 1 aromatic rings. The third-order valence-electron chi connectivity index (χ3n) is 5.21. The van der Waals surface area contributed by atoms with E-state index in [0.29, 0.717) is 6.04 Å². The summed E-state index contributed by atoms with van der Waals surface area (Å²) in [7, 11) is 0. The van der Waals surface area contributed by atoms with Crippen molar-refractivity contribution >= 4 is 12.4 Å². The first-order chi connectivity index (χ1) is 9.04. The van der Waals surface area contributed by atoms with Crippen LogP contribution in [0.3, 0.4) is 0 Å². The third kappa shape index (κ3) is 2.88. The first kappa shape index (κ1) is 15.8. The minimum Gasteiger partial charge on any atom is -0.327 e. The molecule has 0 spiro atoms. The smallest absolute Gasteiger partial charge is 0.0239 e. The molecule has 3 atom stereocenters. The van der Waals surface area contributed by atoms with E-state index in [1.807, 2.05) is 0 Å². The molecule has 20 heavy (non-hydrogen) atoms. The van der Waals surface area contributed by atoms with Crippen LogP contribution in [0.2, 0.25) is 0 Å². The van der Waals surface area contributed by atoms with Crippen LogP contribution in [0.1, 0.15) is 35.1 Å². The quantitative estimate of drug-likeness (QED) is 0.907. The lowest BCUT2D eigenvalue weighted by molar-refractivity contribution is 0.297. The molecule has 2 N–H and O–H groups in total. The summed E-state index contributed by atoms with van der Waals surface area (Å²) in [5, 5.41) is 0. The van der Waals surface area contributed by atoms with Gasteiger partial charge < -0.3 is 5.73 Å². The largest absolute Gasteiger partial charge is 0.327 e. The van der Waals surface area contributed by atoms with E-state index >= 15 is 0 Å². The SMILES string of the molecule is Cc1cc(C)c(CN2CC3CCC(N)C3C2)c(C)c1.Cl. The monoisotopic (exact) mass is 294 g/mol. The summed E-state index contributed by atoms with van der Waals surface area (Å²) in [6.45, 7) is 10.3. The highest BCUT2D eigenvalue weighted by molar-refractivity contribution is 5.85. The van der Waals surface area contributed by atoms with E-state index in [2.05, 4.69) is 37.8 Å². The van der Waals surface area contributed by atoms with Gasteiger partial charge in [-0.2, -0.15) is 0 Å². The fraction of sp³-hybridized carbons (Fsp3) is 0.647. The molecule has 0 bridgehead atoms. The minimum absolute atomic E-state index is 0. The summed E-state index contributed by atoms with van der Waals surface area (Å²) < 4.78 is 0. The van der Waals surface area contributed by atoms with Crippen molar-refractivity contribution in [3.8, 4) is 0 Å². The van der Waals surface area contributed by atoms with Crippen LogP contribution in [-0.4, -0.2) is 24.0 Å². The summed E-state index contributed by atoms with van der Waals surface area (Å²) in [5.41, 5.74) is 12.0. The summed E-state index contributed by atoms with van der Waals surface area (Å²) in [6.07, 6.45) is 2.58. The van der Waals surface area contributed by atoms with Gasteiger partial charge in [0.15, 0.2) is 0 Å². The van der Waals surface area contributed by atoms with E-state index in [1.165, 1.54) is 48.2 Å². The Morgan fingerprint density at radius 1 is 1.10 bits per heavy atom. The number of hydrogen-bond donors (Lipinski definition) is 1. The van der Waals surface area contributed by atoms with E-state index in [9.17, 15) is 0 Å². The van der Waals surface area contributed by atoms with Crippen molar-refractivity contribution < 1.29 is 0 Å². The molecular formula is C17H27ClN2. The average molecular weight is 295 g/mol. The van der Waals surface area contributed by atoms with Crippen LogP contribution in [0.15, 0.2) is 12.1 Å². The lowest BCUT2D eigenvalue weighted by Crippen LogP contribution is -2.30. The average Bonchev–Trinajstić information content (AvgIpc) is 2.86. The van der Waals surface area contributed by atoms with Crippen molar-refractivity contribution in [1.82, 2.24) is 4.90 Å². The van der Waals surface area contributed by atoms with Crippen molar-refractivity contribution in [2.75, 3.05) is 13.1 Å². The lowest BCUT2D eigenvalue weighted by atomic mass is 9.98. The fourth-order valence-electron chi connectivity index (χ4n) is 4.21. The van der Waals surface area contributed by atoms with Crippen LogP contribution >= 0.6 is 12.4 Å². The van der Waals surface area contributed by atoms with Gasteiger partial charge in [-0.3, -0.25) is 4.90 Å². The van der Waals surface area contributed by atoms with Gasteiger partial charge in [-0.05, 0) is 62.1 Å². The number of nitrogens with zero attached hydrogens (tertiary/aromatic N) is 1. The van der Waals surface area contributed by atoms with E-state index in [4.69, 9.17) is 5.73 Å². The van der Waals surface area contributed by atoms with Crippen LogP contribution in [0.5, 0.6) is 0 Å². The topological polar surface area (TPSA) is 29.3 Å². The van der Waals surface area contributed by atoms with Crippen LogP contribution in [0.4, 0.5) is 0 Å². The Kier molecular flexibility index (Phi) is 4.78. The van der Waals surface area contributed by atoms with Crippen LogP contribution < -0.4 is 5.73 Å². The van der Waals surface area contributed by atoms with Crippen LogP contribution in [0, 0.1) is 32.6 Å². The second kappa shape index (κ2) is 6.05. The second-order valence-corrected chi connectivity index (χ2v) is 6.74. The molecule has 2 nitrogen and oxygen atoms in total. The number of rotatable bonds is 2. The normalized spacial score (nSPS) is 29.3. The van der Waals surface area contributed by atoms with Gasteiger partial charge in [-0.15, -0.1) is 12.4 Å². The van der Waals surface area contributed by atoms with Crippen molar-refractivity contribution in [2.24, 2.45) is 17.6 Å². The summed E-state index contributed by atoms with van der Waals surface area (Å²) in [6, 6.07) is 5.07. The highest BCUT2D eigenvalue weighted by Crippen LogP contribution is 2.38. The Morgan fingerprint density at radius 3 is 2.35 bits per heavy atom. The highest BCUT2D eigenvalue weighted by Gasteiger charge is 2.40. The molecule has 112 valence electrons. The first-order valence-electron chi connectivity index (χ1n) is 7.59. The number of hydrogen-bond acceptors (Lipinski definition) is 2. The molecular weight excluding hydrogens is 268 g/mol. The molecule has 1 aliphatic carbocycles. The molecule has 0 aromatic heterocycles. The van der Waals surface area contributed by atoms with Gasteiger partial charge in [-0.1, -0.05) is 17.7 Å². The summed E-state index contributed by atoms with van der Waals surface area (Å²) >= 11 is 0. The zero-order chi connectivity index (χ0) is 13.6. The fourth-order valence-corrected chi connectivity index (χ4v) is 4.21. The van der Waals surface area contributed by atoms with Gasteiger partial charge in [0.2, 0.25) is 0 Å². The zero-order valence-corrected chi connectivity index (χ0v) is 13.7. The molecule has 1 aliphatic heterocycles. The van der Waals surface area contributed by atoms with Crippen molar-refractivity contribution in [2.45, 2.75) is 46.2 Å². The van der Waals surface area contributed by atoms with Crippen molar-refractivity contribution in [3.05, 3.63) is 34.4 Å². The minimum atomic E-state index is 0. The second-order valence-electron chi connectivity index (χ2n) is 6.74. The van der Waals surface area contributed by atoms with Crippen LogP contribution in [-0.2, 0) is 6.54 Å². The Balaban J connectivity index is 0.00000147. The van der Waals surface area contributed by atoms with Gasteiger partial charge in [-0.25, -0.2) is 0 Å². The first-order valence-corrected chi connectivity index (χ1v) is 7.59. The number of benzene rings is 1. The molecule has 3 rings (SSSR count). The van der Waals surface area contributed by atoms with Crippen molar-refractivity contribution in [3.63, 3.8) is 0 Å². The Labute approximate surface area is 129 Å². The zero-order valence-electron chi connectivity index (χ0n) is 12.9. The van der Waals surface area contributed by atoms with Crippen LogP contribution in [0.25, 0.3) is 0 Å². The molecule has 3 heteroatoms. The van der Waals surface area contributed by atoms with E-state index in [-0.39, 0.29) is 12.4 Å². The molecule has 3 unspecified atom stereocenters. The maximum Gasteiger partial charge on any atom is 0.0239 e. The summed E-state index contributed by atoms with van der Waals surface area (Å²) in [4.78, 5) is 2.62. The van der Waals surface area contributed by atoms with Gasteiger partial charge in [0.25, 0.3) is 0 Å². The third-order valence-corrected chi connectivity index (χ3v) is 5.21. The molecule has 0 radical (unpaired) electrons. The van der Waals surface area contributed by atoms with Gasteiger partial charge >= 0.3 is 0 Å². The molecule has 1 saturated heterocycles. The van der Waals surface area contributed by atoms with E-state index in [0.717, 1.165) is 18.4 Å². The maximum absolute atomic E-state index is 6.23. The predicted molar refractivity (Wildman–Crippen MR) is 87.4 cm³/mol.